The predicted octanol–water partition coefficient (Wildman–Crippen LogP) is 5.03. The van der Waals surface area contributed by atoms with E-state index in [2.05, 4.69) is 16.0 Å². The normalized spacial score (nSPS) is 11.8. The van der Waals surface area contributed by atoms with Crippen molar-refractivity contribution in [3.8, 4) is 0 Å². The van der Waals surface area contributed by atoms with Crippen LogP contribution in [0.2, 0.25) is 0 Å². The smallest absolute Gasteiger partial charge is 0.260 e. The van der Waals surface area contributed by atoms with E-state index in [4.69, 9.17) is 0 Å². The minimum Gasteiger partial charge on any atom is -0.279 e. The Bertz CT molecular complexity index is 1360. The van der Waals surface area contributed by atoms with Gasteiger partial charge >= 0.3 is 0 Å². The second-order valence-corrected chi connectivity index (χ2v) is 11.3. The molecule has 0 aliphatic rings. The van der Waals surface area contributed by atoms with Crippen LogP contribution >= 0.6 is 11.3 Å². The number of benzene rings is 2. The molecule has 2 aromatic carbocycles. The van der Waals surface area contributed by atoms with Gasteiger partial charge in [0.2, 0.25) is 0 Å². The lowest BCUT2D eigenvalue weighted by Crippen LogP contribution is -2.30. The number of sulfone groups is 1. The third kappa shape index (κ3) is 4.42. The van der Waals surface area contributed by atoms with Crippen LogP contribution in [0, 0.1) is 6.92 Å². The highest BCUT2D eigenvalue weighted by Gasteiger charge is 2.24. The molecular weight excluding hydrogens is 442 g/mol. The van der Waals surface area contributed by atoms with E-state index in [-0.39, 0.29) is 10.8 Å². The fourth-order valence-electron chi connectivity index (χ4n) is 3.25. The van der Waals surface area contributed by atoms with Crippen LogP contribution in [0.4, 0.5) is 5.13 Å². The Kier molecular flexibility index (Phi) is 6.08. The van der Waals surface area contributed by atoms with Crippen molar-refractivity contribution in [2.24, 2.45) is 0 Å². The number of hydrogen-bond donors (Lipinski definition) is 0. The first-order valence-electron chi connectivity index (χ1n) is 10.2. The number of hydrogen-bond acceptors (Lipinski definition) is 6. The summed E-state index contributed by atoms with van der Waals surface area (Å²) in [6, 6.07) is 15.8. The van der Waals surface area contributed by atoms with Crippen LogP contribution in [0.3, 0.4) is 0 Å². The number of rotatable bonds is 6. The highest BCUT2D eigenvalue weighted by Crippen LogP contribution is 2.31. The van der Waals surface area contributed by atoms with Gasteiger partial charge in [-0.05, 0) is 80.4 Å². The Morgan fingerprint density at radius 2 is 1.72 bits per heavy atom. The molecule has 2 heterocycles. The fraction of sp³-hybridized carbons (Fsp3) is 0.208. The zero-order valence-electron chi connectivity index (χ0n) is 18.0. The molecule has 4 rings (SSSR count). The zero-order chi connectivity index (χ0) is 22.9. The van der Waals surface area contributed by atoms with Crippen LogP contribution in [0.25, 0.3) is 10.2 Å². The molecule has 0 saturated carbocycles. The number of pyridine rings is 1. The lowest BCUT2D eigenvalue weighted by atomic mass is 10.2. The number of aryl methyl sites for hydroxylation is 1. The lowest BCUT2D eigenvalue weighted by Gasteiger charge is -2.20. The van der Waals surface area contributed by atoms with E-state index < -0.39 is 15.1 Å². The summed E-state index contributed by atoms with van der Waals surface area (Å²) < 4.78 is 25.9. The number of aromatic nitrogens is 2. The Balaban J connectivity index is 1.73. The number of thiazole rings is 1. The van der Waals surface area contributed by atoms with Gasteiger partial charge in [0.1, 0.15) is 0 Å². The van der Waals surface area contributed by atoms with Crippen molar-refractivity contribution >= 4 is 42.4 Å². The van der Waals surface area contributed by atoms with Crippen LogP contribution < -0.4 is 4.90 Å². The van der Waals surface area contributed by atoms with Crippen LogP contribution in [0.15, 0.2) is 71.9 Å². The van der Waals surface area contributed by atoms with Crippen molar-refractivity contribution in [1.29, 1.82) is 0 Å². The van der Waals surface area contributed by atoms with Crippen LogP contribution in [-0.4, -0.2) is 29.5 Å². The summed E-state index contributed by atoms with van der Waals surface area (Å²) in [6.45, 7) is 5.62. The average Bonchev–Trinajstić information content (AvgIpc) is 3.20. The van der Waals surface area contributed by atoms with Crippen molar-refractivity contribution in [3.05, 3.63) is 83.7 Å². The van der Waals surface area contributed by atoms with E-state index in [1.165, 1.54) is 23.5 Å². The molecule has 0 fully saturated rings. The molecule has 8 heteroatoms. The van der Waals surface area contributed by atoms with E-state index in [0.29, 0.717) is 17.2 Å². The molecule has 4 aromatic rings. The molecule has 0 radical (unpaired) electrons. The molecule has 6 nitrogen and oxygen atoms in total. The average molecular weight is 466 g/mol. The summed E-state index contributed by atoms with van der Waals surface area (Å²) in [5, 5.41) is 0.0599. The third-order valence-electron chi connectivity index (χ3n) is 5.15. The van der Waals surface area contributed by atoms with E-state index >= 15 is 0 Å². The minimum absolute atomic E-state index is 0.209. The first-order chi connectivity index (χ1) is 15.3. The predicted molar refractivity (Wildman–Crippen MR) is 128 cm³/mol. The number of nitrogens with zero attached hydrogens (tertiary/aromatic N) is 3. The number of fused-ring (bicyclic) bond motifs is 1. The Morgan fingerprint density at radius 3 is 2.38 bits per heavy atom. The van der Waals surface area contributed by atoms with Gasteiger partial charge < -0.3 is 0 Å². The van der Waals surface area contributed by atoms with Gasteiger partial charge in [0.15, 0.2) is 15.0 Å². The van der Waals surface area contributed by atoms with E-state index in [0.717, 1.165) is 21.3 Å². The molecule has 0 atom stereocenters. The summed E-state index contributed by atoms with van der Waals surface area (Å²) in [7, 11) is -3.40. The van der Waals surface area contributed by atoms with E-state index in [9.17, 15) is 13.2 Å². The van der Waals surface area contributed by atoms with Crippen molar-refractivity contribution in [2.45, 2.75) is 37.5 Å². The molecule has 0 saturated heterocycles. The van der Waals surface area contributed by atoms with Crippen LogP contribution in [0.1, 0.15) is 35.3 Å². The molecule has 0 aliphatic heterocycles. The first-order valence-corrected chi connectivity index (χ1v) is 12.5. The molecular formula is C24H23N3O3S2. The van der Waals surface area contributed by atoms with Gasteiger partial charge in [0.05, 0.1) is 26.9 Å². The highest BCUT2D eigenvalue weighted by molar-refractivity contribution is 7.92. The molecule has 0 unspecified atom stereocenters. The standard InChI is InChI=1S/C24H23N3O3S2/c1-16(2)32(29,30)20-7-5-19(6-8-20)23(28)27(15-18-10-12-25-13-11-18)24-26-21-9-4-17(3)14-22(21)31-24/h4-14,16H,15H2,1-3H3. The summed E-state index contributed by atoms with van der Waals surface area (Å²) in [4.78, 5) is 24.1. The first kappa shape index (κ1) is 22.1. The van der Waals surface area contributed by atoms with Crippen molar-refractivity contribution < 1.29 is 13.2 Å². The summed E-state index contributed by atoms with van der Waals surface area (Å²) >= 11 is 1.46. The molecule has 0 bridgehead atoms. The topological polar surface area (TPSA) is 80.2 Å². The summed E-state index contributed by atoms with van der Waals surface area (Å²) in [5.41, 5.74) is 3.28. The largest absolute Gasteiger partial charge is 0.279 e. The van der Waals surface area contributed by atoms with E-state index in [1.54, 1.807) is 43.3 Å². The van der Waals surface area contributed by atoms with Crippen molar-refractivity contribution in [2.75, 3.05) is 4.90 Å². The van der Waals surface area contributed by atoms with Gasteiger partial charge in [-0.25, -0.2) is 13.4 Å². The molecule has 0 aliphatic carbocycles. The maximum Gasteiger partial charge on any atom is 0.260 e. The Morgan fingerprint density at radius 1 is 1.03 bits per heavy atom. The van der Waals surface area contributed by atoms with Crippen LogP contribution in [-0.2, 0) is 16.4 Å². The van der Waals surface area contributed by atoms with Gasteiger partial charge in [-0.15, -0.1) is 0 Å². The summed E-state index contributed by atoms with van der Waals surface area (Å²) in [5.74, 6) is -0.244. The molecule has 0 spiro atoms. The minimum atomic E-state index is -3.40. The molecule has 1 amide bonds. The van der Waals surface area contributed by atoms with Gasteiger partial charge in [-0.2, -0.15) is 0 Å². The SMILES string of the molecule is Cc1ccc2nc(N(Cc3ccncc3)C(=O)c3ccc(S(=O)(=O)C(C)C)cc3)sc2c1. The summed E-state index contributed by atoms with van der Waals surface area (Å²) in [6.07, 6.45) is 3.37. The number of carbonyl (C=O) groups excluding carboxylic acids is 1. The molecule has 2 aromatic heterocycles. The molecule has 164 valence electrons. The second-order valence-electron chi connectivity index (χ2n) is 7.83. The van der Waals surface area contributed by atoms with Crippen LogP contribution in [0.5, 0.6) is 0 Å². The third-order valence-corrected chi connectivity index (χ3v) is 8.36. The number of anilines is 1. The zero-order valence-corrected chi connectivity index (χ0v) is 19.7. The second kappa shape index (κ2) is 8.80. The quantitative estimate of drug-likeness (QED) is 0.399. The van der Waals surface area contributed by atoms with Crippen molar-refractivity contribution in [3.63, 3.8) is 0 Å². The maximum atomic E-state index is 13.5. The van der Waals surface area contributed by atoms with Gasteiger partial charge in [0, 0.05) is 18.0 Å². The molecule has 0 N–H and O–H groups in total. The number of carbonyl (C=O) groups is 1. The highest BCUT2D eigenvalue weighted by atomic mass is 32.2. The number of amides is 1. The molecule has 32 heavy (non-hydrogen) atoms. The van der Waals surface area contributed by atoms with Crippen molar-refractivity contribution in [1.82, 2.24) is 9.97 Å². The Hall–Kier alpha value is -3.10. The van der Waals surface area contributed by atoms with Gasteiger partial charge in [-0.1, -0.05) is 17.4 Å². The van der Waals surface area contributed by atoms with Gasteiger partial charge in [0.25, 0.3) is 5.91 Å². The Labute approximate surface area is 191 Å². The van der Waals surface area contributed by atoms with E-state index in [1.807, 2.05) is 31.2 Å². The lowest BCUT2D eigenvalue weighted by molar-refractivity contribution is 0.0985. The maximum absolute atomic E-state index is 13.5. The fourth-order valence-corrected chi connectivity index (χ4v) is 5.37. The van der Waals surface area contributed by atoms with Gasteiger partial charge in [-0.3, -0.25) is 14.7 Å². The monoisotopic (exact) mass is 465 g/mol.